The first-order valence-electron chi connectivity index (χ1n) is 6.70. The highest BCUT2D eigenvalue weighted by molar-refractivity contribution is 5.79. The number of nitrogens with one attached hydrogen (secondary N) is 1. The number of carbonyl (C=O) groups is 2. The van der Waals surface area contributed by atoms with Crippen molar-refractivity contribution in [3.8, 4) is 12.3 Å². The molecule has 0 aromatic rings. The van der Waals surface area contributed by atoms with Gasteiger partial charge in [0.25, 0.3) is 0 Å². The average Bonchev–Trinajstić information content (AvgIpc) is 2.84. The molecule has 1 rings (SSSR count). The summed E-state index contributed by atoms with van der Waals surface area (Å²) in [6.45, 7) is 5.18. The van der Waals surface area contributed by atoms with E-state index in [2.05, 4.69) is 11.2 Å². The van der Waals surface area contributed by atoms with Gasteiger partial charge < -0.3 is 10.4 Å². The van der Waals surface area contributed by atoms with Crippen molar-refractivity contribution in [2.75, 3.05) is 19.6 Å². The van der Waals surface area contributed by atoms with Crippen molar-refractivity contribution in [2.45, 2.75) is 38.6 Å². The number of amides is 1. The van der Waals surface area contributed by atoms with Crippen molar-refractivity contribution >= 4 is 11.9 Å². The van der Waals surface area contributed by atoms with Crippen molar-refractivity contribution in [3.63, 3.8) is 0 Å². The van der Waals surface area contributed by atoms with Gasteiger partial charge in [0.2, 0.25) is 5.91 Å². The van der Waals surface area contributed by atoms with Crippen LogP contribution in [0.5, 0.6) is 0 Å². The summed E-state index contributed by atoms with van der Waals surface area (Å²) in [5.74, 6) is 1.37. The Morgan fingerprint density at radius 1 is 1.47 bits per heavy atom. The molecular weight excluding hydrogens is 244 g/mol. The van der Waals surface area contributed by atoms with Gasteiger partial charge in [-0.2, -0.15) is 0 Å². The van der Waals surface area contributed by atoms with Crippen molar-refractivity contribution in [1.82, 2.24) is 10.2 Å². The van der Waals surface area contributed by atoms with Gasteiger partial charge in [0, 0.05) is 6.54 Å². The Balaban J connectivity index is 2.49. The van der Waals surface area contributed by atoms with Crippen molar-refractivity contribution in [1.29, 1.82) is 0 Å². The first kappa shape index (κ1) is 15.5. The maximum Gasteiger partial charge on any atom is 0.307 e. The summed E-state index contributed by atoms with van der Waals surface area (Å²) in [5, 5.41) is 11.8. The van der Waals surface area contributed by atoms with E-state index in [9.17, 15) is 9.59 Å². The fourth-order valence-electron chi connectivity index (χ4n) is 2.35. The summed E-state index contributed by atoms with van der Waals surface area (Å²) < 4.78 is 0. The van der Waals surface area contributed by atoms with E-state index >= 15 is 0 Å². The third kappa shape index (κ3) is 3.97. The van der Waals surface area contributed by atoms with Gasteiger partial charge in [0.05, 0.1) is 12.5 Å². The first-order valence-corrected chi connectivity index (χ1v) is 6.70. The lowest BCUT2D eigenvalue weighted by Crippen LogP contribution is -2.49. The van der Waals surface area contributed by atoms with Gasteiger partial charge in [-0.1, -0.05) is 19.8 Å². The fourth-order valence-corrected chi connectivity index (χ4v) is 2.35. The molecule has 1 atom stereocenters. The number of hydrogen-bond donors (Lipinski definition) is 2. The molecule has 5 heteroatoms. The number of likely N-dealkylation sites (tertiary alicyclic amines) is 1. The molecule has 0 spiro atoms. The maximum absolute atomic E-state index is 12.0. The molecule has 2 N–H and O–H groups in total. The van der Waals surface area contributed by atoms with E-state index in [4.69, 9.17) is 11.5 Å². The van der Waals surface area contributed by atoms with E-state index < -0.39 is 11.5 Å². The van der Waals surface area contributed by atoms with E-state index in [1.165, 1.54) is 0 Å². The summed E-state index contributed by atoms with van der Waals surface area (Å²) in [6, 6.07) is 0. The Bertz CT molecular complexity index is 383. The number of aliphatic carboxylic acids is 1. The van der Waals surface area contributed by atoms with E-state index in [1.54, 1.807) is 0 Å². The lowest BCUT2D eigenvalue weighted by Gasteiger charge is -2.28. The monoisotopic (exact) mass is 266 g/mol. The van der Waals surface area contributed by atoms with Crippen LogP contribution >= 0.6 is 0 Å². The summed E-state index contributed by atoms with van der Waals surface area (Å²) in [4.78, 5) is 24.7. The Morgan fingerprint density at radius 3 is 2.53 bits per heavy atom. The zero-order valence-electron chi connectivity index (χ0n) is 11.6. The van der Waals surface area contributed by atoms with Crippen molar-refractivity contribution in [2.24, 2.45) is 5.92 Å². The highest BCUT2D eigenvalue weighted by Gasteiger charge is 2.31. The Labute approximate surface area is 114 Å². The highest BCUT2D eigenvalue weighted by Crippen LogP contribution is 2.17. The van der Waals surface area contributed by atoms with Crippen LogP contribution in [0.4, 0.5) is 0 Å². The Kier molecular flexibility index (Phi) is 5.37. The number of carboxylic acid groups (broad SMARTS) is 1. The number of carboxylic acids is 1. The van der Waals surface area contributed by atoms with Crippen LogP contribution in [0, 0.1) is 18.3 Å². The minimum Gasteiger partial charge on any atom is -0.481 e. The molecule has 0 saturated carbocycles. The number of nitrogens with zero attached hydrogens (tertiary/aromatic N) is 1. The molecule has 1 unspecified atom stereocenters. The molecule has 1 fully saturated rings. The van der Waals surface area contributed by atoms with Crippen LogP contribution in [0.2, 0.25) is 0 Å². The molecule has 106 valence electrons. The van der Waals surface area contributed by atoms with Crippen LogP contribution in [0.25, 0.3) is 0 Å². The van der Waals surface area contributed by atoms with Crippen molar-refractivity contribution in [3.05, 3.63) is 0 Å². The van der Waals surface area contributed by atoms with Crippen LogP contribution in [0.1, 0.15) is 33.1 Å². The van der Waals surface area contributed by atoms with Crippen LogP contribution in [0.15, 0.2) is 0 Å². The second-order valence-electron chi connectivity index (χ2n) is 5.04. The molecule has 1 saturated heterocycles. The molecule has 1 aliphatic heterocycles. The molecule has 1 heterocycles. The highest BCUT2D eigenvalue weighted by atomic mass is 16.4. The number of carbonyl (C=O) groups excluding carboxylic acids is 1. The van der Waals surface area contributed by atoms with Gasteiger partial charge in [0.15, 0.2) is 0 Å². The second-order valence-corrected chi connectivity index (χ2v) is 5.04. The van der Waals surface area contributed by atoms with Gasteiger partial charge >= 0.3 is 5.97 Å². The molecular formula is C14H22N2O3. The number of terminal acetylenes is 1. The second kappa shape index (κ2) is 6.58. The van der Waals surface area contributed by atoms with Gasteiger partial charge in [-0.15, -0.1) is 6.42 Å². The van der Waals surface area contributed by atoms with E-state index in [1.807, 2.05) is 18.7 Å². The molecule has 0 aromatic heterocycles. The predicted octanol–water partition coefficient (Wildman–Crippen LogP) is 0.701. The number of rotatable bonds is 6. The molecule has 1 aliphatic rings. The number of hydrogen-bond acceptors (Lipinski definition) is 3. The van der Waals surface area contributed by atoms with Crippen molar-refractivity contribution < 1.29 is 14.7 Å². The van der Waals surface area contributed by atoms with E-state index in [-0.39, 0.29) is 18.4 Å². The van der Waals surface area contributed by atoms with Crippen LogP contribution in [-0.2, 0) is 9.59 Å². The quantitative estimate of drug-likeness (QED) is 0.694. The van der Waals surface area contributed by atoms with E-state index in [0.29, 0.717) is 32.4 Å². The van der Waals surface area contributed by atoms with Gasteiger partial charge in [-0.3, -0.25) is 14.5 Å². The Morgan fingerprint density at radius 2 is 2.11 bits per heavy atom. The molecule has 0 radical (unpaired) electrons. The zero-order valence-corrected chi connectivity index (χ0v) is 11.6. The van der Waals surface area contributed by atoms with Gasteiger partial charge in [-0.25, -0.2) is 0 Å². The largest absolute Gasteiger partial charge is 0.481 e. The normalized spacial score (nSPS) is 19.9. The van der Waals surface area contributed by atoms with Crippen LogP contribution in [0.3, 0.4) is 0 Å². The topological polar surface area (TPSA) is 69.6 Å². The molecule has 19 heavy (non-hydrogen) atoms. The standard InChI is InChI=1S/C14H22N2O3/c1-4-14(5-2,6-3)15-12(17)10-16-8-7-11(9-16)13(18)19/h1,11H,5-10H2,2-3H3,(H,15,17)(H,18,19). The molecule has 0 aromatic carbocycles. The fraction of sp³-hybridized carbons (Fsp3) is 0.714. The smallest absolute Gasteiger partial charge is 0.307 e. The third-order valence-electron chi connectivity index (χ3n) is 3.85. The lowest BCUT2D eigenvalue weighted by atomic mass is 9.94. The summed E-state index contributed by atoms with van der Waals surface area (Å²) in [7, 11) is 0. The third-order valence-corrected chi connectivity index (χ3v) is 3.85. The zero-order chi connectivity index (χ0) is 14.5. The minimum absolute atomic E-state index is 0.132. The predicted molar refractivity (Wildman–Crippen MR) is 72.5 cm³/mol. The molecule has 5 nitrogen and oxygen atoms in total. The van der Waals surface area contributed by atoms with E-state index in [0.717, 1.165) is 0 Å². The summed E-state index contributed by atoms with van der Waals surface area (Å²) in [6.07, 6.45) is 7.46. The average molecular weight is 266 g/mol. The first-order chi connectivity index (χ1) is 8.96. The maximum atomic E-state index is 12.0. The minimum atomic E-state index is -0.789. The van der Waals surface area contributed by atoms with Gasteiger partial charge in [-0.05, 0) is 25.8 Å². The molecule has 0 aliphatic carbocycles. The van der Waals surface area contributed by atoms with Crippen LogP contribution < -0.4 is 5.32 Å². The van der Waals surface area contributed by atoms with Gasteiger partial charge in [0.1, 0.15) is 5.54 Å². The summed E-state index contributed by atoms with van der Waals surface area (Å²) >= 11 is 0. The summed E-state index contributed by atoms with van der Waals surface area (Å²) in [5.41, 5.74) is -0.580. The molecule has 0 bridgehead atoms. The Hall–Kier alpha value is -1.54. The van der Waals surface area contributed by atoms with Crippen LogP contribution in [-0.4, -0.2) is 47.1 Å². The SMILES string of the molecule is C#CC(CC)(CC)NC(=O)CN1CCC(C(=O)O)C1. The molecule has 1 amide bonds. The lowest BCUT2D eigenvalue weighted by molar-refractivity contribution is -0.141.